The Morgan fingerprint density at radius 3 is 2.44 bits per heavy atom. The maximum atomic E-state index is 13.9. The van der Waals surface area contributed by atoms with E-state index in [9.17, 15) is 18.0 Å². The zero-order valence-electron chi connectivity index (χ0n) is 15.2. The van der Waals surface area contributed by atoms with Gasteiger partial charge in [0.1, 0.15) is 0 Å². The van der Waals surface area contributed by atoms with E-state index in [1.165, 1.54) is 0 Å². The zero-order valence-corrected chi connectivity index (χ0v) is 15.2. The first kappa shape index (κ1) is 19.4. The van der Waals surface area contributed by atoms with Crippen molar-refractivity contribution in [3.05, 3.63) is 71.3 Å². The van der Waals surface area contributed by atoms with E-state index < -0.39 is 17.5 Å². The summed E-state index contributed by atoms with van der Waals surface area (Å²) in [5.41, 5.74) is 0.346. The lowest BCUT2D eigenvalue weighted by molar-refractivity contribution is -0.218. The number of alkyl halides is 3. The van der Waals surface area contributed by atoms with Crippen molar-refractivity contribution in [2.45, 2.75) is 32.6 Å². The van der Waals surface area contributed by atoms with Gasteiger partial charge in [0.05, 0.1) is 0 Å². The SMILES string of the molecule is Cc1ccccc1CNC(=O)C1(C(F)(F)F)CCN(Cc2ccccc2)C1. The van der Waals surface area contributed by atoms with E-state index in [4.69, 9.17) is 0 Å². The molecule has 0 saturated carbocycles. The molecular formula is C21H23F3N2O. The molecule has 2 aromatic rings. The van der Waals surface area contributed by atoms with E-state index >= 15 is 0 Å². The van der Waals surface area contributed by atoms with Gasteiger partial charge in [-0.1, -0.05) is 54.6 Å². The zero-order chi connectivity index (χ0) is 19.5. The lowest BCUT2D eigenvalue weighted by Gasteiger charge is -2.30. The fourth-order valence-corrected chi connectivity index (χ4v) is 3.56. The molecule has 1 atom stereocenters. The average Bonchev–Trinajstić information content (AvgIpc) is 3.07. The van der Waals surface area contributed by atoms with Crippen LogP contribution in [0.25, 0.3) is 0 Å². The Morgan fingerprint density at radius 1 is 1.11 bits per heavy atom. The Bertz CT molecular complexity index is 792. The number of rotatable bonds is 5. The molecule has 3 nitrogen and oxygen atoms in total. The Morgan fingerprint density at radius 2 is 1.78 bits per heavy atom. The topological polar surface area (TPSA) is 32.3 Å². The summed E-state index contributed by atoms with van der Waals surface area (Å²) in [6.07, 6.45) is -4.81. The van der Waals surface area contributed by atoms with Crippen LogP contribution < -0.4 is 5.32 Å². The third-order valence-corrected chi connectivity index (χ3v) is 5.28. The highest BCUT2D eigenvalue weighted by Crippen LogP contribution is 2.46. The normalized spacial score (nSPS) is 20.6. The van der Waals surface area contributed by atoms with Gasteiger partial charge in [-0.05, 0) is 36.6 Å². The number of carbonyl (C=O) groups is 1. The maximum absolute atomic E-state index is 13.9. The average molecular weight is 376 g/mol. The predicted octanol–water partition coefficient (Wildman–Crippen LogP) is 4.07. The summed E-state index contributed by atoms with van der Waals surface area (Å²) < 4.78 is 41.7. The van der Waals surface area contributed by atoms with Gasteiger partial charge in [0.25, 0.3) is 0 Å². The molecule has 27 heavy (non-hydrogen) atoms. The first-order chi connectivity index (χ1) is 12.8. The Balaban J connectivity index is 1.72. The van der Waals surface area contributed by atoms with Gasteiger partial charge >= 0.3 is 6.18 Å². The molecule has 0 bridgehead atoms. The minimum Gasteiger partial charge on any atom is -0.351 e. The van der Waals surface area contributed by atoms with Crippen LogP contribution >= 0.6 is 0 Å². The molecule has 2 aromatic carbocycles. The largest absolute Gasteiger partial charge is 0.404 e. The van der Waals surface area contributed by atoms with Gasteiger partial charge in [-0.25, -0.2) is 0 Å². The van der Waals surface area contributed by atoms with Crippen LogP contribution in [0.4, 0.5) is 13.2 Å². The van der Waals surface area contributed by atoms with Gasteiger partial charge < -0.3 is 5.32 Å². The number of nitrogens with one attached hydrogen (secondary N) is 1. The van der Waals surface area contributed by atoms with Crippen molar-refractivity contribution in [2.75, 3.05) is 13.1 Å². The molecule has 1 saturated heterocycles. The van der Waals surface area contributed by atoms with E-state index in [1.807, 2.05) is 61.5 Å². The highest BCUT2D eigenvalue weighted by molar-refractivity contribution is 5.84. The van der Waals surface area contributed by atoms with Crippen molar-refractivity contribution < 1.29 is 18.0 Å². The van der Waals surface area contributed by atoms with Crippen molar-refractivity contribution in [1.82, 2.24) is 10.2 Å². The number of hydrogen-bond donors (Lipinski definition) is 1. The van der Waals surface area contributed by atoms with Crippen LogP contribution in [-0.4, -0.2) is 30.1 Å². The number of benzene rings is 2. The Hall–Kier alpha value is -2.34. The molecule has 1 amide bonds. The van der Waals surface area contributed by atoms with Crippen LogP contribution in [0.15, 0.2) is 54.6 Å². The highest BCUT2D eigenvalue weighted by atomic mass is 19.4. The molecule has 0 aliphatic carbocycles. The molecule has 0 aromatic heterocycles. The minimum absolute atomic E-state index is 0.0992. The fraction of sp³-hybridized carbons (Fsp3) is 0.381. The summed E-state index contributed by atoms with van der Waals surface area (Å²) in [5, 5.41) is 2.53. The summed E-state index contributed by atoms with van der Waals surface area (Å²) in [6.45, 7) is 2.31. The molecule has 1 N–H and O–H groups in total. The number of aryl methyl sites for hydroxylation is 1. The van der Waals surface area contributed by atoms with E-state index in [2.05, 4.69) is 5.32 Å². The third kappa shape index (κ3) is 4.16. The third-order valence-electron chi connectivity index (χ3n) is 5.28. The molecule has 1 unspecified atom stereocenters. The number of hydrogen-bond acceptors (Lipinski definition) is 2. The van der Waals surface area contributed by atoms with E-state index in [1.54, 1.807) is 4.90 Å². The molecule has 1 aliphatic rings. The van der Waals surface area contributed by atoms with Crippen LogP contribution in [0.5, 0.6) is 0 Å². The monoisotopic (exact) mass is 376 g/mol. The molecule has 1 fully saturated rings. The standard InChI is InChI=1S/C21H23F3N2O/c1-16-7-5-6-10-18(16)13-25-19(27)20(21(22,23)24)11-12-26(15-20)14-17-8-3-2-4-9-17/h2-10H,11-15H2,1H3,(H,25,27). The smallest absolute Gasteiger partial charge is 0.351 e. The lowest BCUT2D eigenvalue weighted by atomic mass is 9.85. The molecule has 0 radical (unpaired) electrons. The van der Waals surface area contributed by atoms with Crippen molar-refractivity contribution in [3.63, 3.8) is 0 Å². The number of likely N-dealkylation sites (tertiary alicyclic amines) is 1. The van der Waals surface area contributed by atoms with Crippen LogP contribution in [0.3, 0.4) is 0 Å². The Labute approximate surface area is 157 Å². The molecule has 0 spiro atoms. The van der Waals surface area contributed by atoms with Gasteiger partial charge in [0.2, 0.25) is 5.91 Å². The summed E-state index contributed by atoms with van der Waals surface area (Å²) in [6, 6.07) is 16.7. The second kappa shape index (κ2) is 7.72. The van der Waals surface area contributed by atoms with Crippen molar-refractivity contribution >= 4 is 5.91 Å². The van der Waals surface area contributed by atoms with E-state index in [-0.39, 0.29) is 26.1 Å². The van der Waals surface area contributed by atoms with Crippen LogP contribution in [0.1, 0.15) is 23.1 Å². The maximum Gasteiger partial charge on any atom is 0.404 e. The number of carbonyl (C=O) groups excluding carboxylic acids is 1. The number of amides is 1. The second-order valence-electron chi connectivity index (χ2n) is 7.14. The Kier molecular flexibility index (Phi) is 5.56. The van der Waals surface area contributed by atoms with Crippen LogP contribution in [-0.2, 0) is 17.9 Å². The molecule has 6 heteroatoms. The lowest BCUT2D eigenvalue weighted by Crippen LogP contribution is -2.52. The van der Waals surface area contributed by atoms with Gasteiger partial charge in [0.15, 0.2) is 5.41 Å². The highest BCUT2D eigenvalue weighted by Gasteiger charge is 2.62. The van der Waals surface area contributed by atoms with E-state index in [0.717, 1.165) is 16.7 Å². The molecular weight excluding hydrogens is 353 g/mol. The van der Waals surface area contributed by atoms with Gasteiger partial charge in [-0.2, -0.15) is 13.2 Å². The van der Waals surface area contributed by atoms with Crippen molar-refractivity contribution in [3.8, 4) is 0 Å². The predicted molar refractivity (Wildman–Crippen MR) is 97.8 cm³/mol. The van der Waals surface area contributed by atoms with Crippen molar-refractivity contribution in [1.29, 1.82) is 0 Å². The summed E-state index contributed by atoms with van der Waals surface area (Å²) in [7, 11) is 0. The number of halogens is 3. The fourth-order valence-electron chi connectivity index (χ4n) is 3.56. The molecule has 144 valence electrons. The second-order valence-corrected chi connectivity index (χ2v) is 7.14. The van der Waals surface area contributed by atoms with Gasteiger partial charge in [-0.15, -0.1) is 0 Å². The molecule has 1 aliphatic heterocycles. The summed E-state index contributed by atoms with van der Waals surface area (Å²) in [4.78, 5) is 14.3. The van der Waals surface area contributed by atoms with Crippen LogP contribution in [0, 0.1) is 12.3 Å². The summed E-state index contributed by atoms with van der Waals surface area (Å²) >= 11 is 0. The number of nitrogens with zero attached hydrogens (tertiary/aromatic N) is 1. The van der Waals surface area contributed by atoms with Gasteiger partial charge in [0, 0.05) is 19.6 Å². The minimum atomic E-state index is -4.59. The van der Waals surface area contributed by atoms with Crippen molar-refractivity contribution in [2.24, 2.45) is 5.41 Å². The first-order valence-corrected chi connectivity index (χ1v) is 8.98. The van der Waals surface area contributed by atoms with Gasteiger partial charge in [-0.3, -0.25) is 9.69 Å². The van der Waals surface area contributed by atoms with E-state index in [0.29, 0.717) is 6.54 Å². The molecule has 3 rings (SSSR count). The first-order valence-electron chi connectivity index (χ1n) is 8.98. The molecule has 1 heterocycles. The van der Waals surface area contributed by atoms with Crippen LogP contribution in [0.2, 0.25) is 0 Å². The summed E-state index contributed by atoms with van der Waals surface area (Å²) in [5.74, 6) is -0.936. The quantitative estimate of drug-likeness (QED) is 0.853.